The van der Waals surface area contributed by atoms with Gasteiger partial charge < -0.3 is 28.2 Å². The number of hydrogen-bond acceptors (Lipinski definition) is 4. The Morgan fingerprint density at radius 3 is 0.902 bits per heavy atom. The number of furan rings is 2. The molecule has 123 heavy (non-hydrogen) atoms. The lowest BCUT2D eigenvalue weighted by molar-refractivity contribution is 0.668. The molecule has 6 nitrogen and oxygen atoms in total. The van der Waals surface area contributed by atoms with Crippen LogP contribution >= 0.6 is 15.9 Å². The van der Waals surface area contributed by atoms with E-state index in [-0.39, 0.29) is 0 Å². The second kappa shape index (κ2) is 31.8. The Kier molecular flexibility index (Phi) is 19.0. The Bertz CT molecular complexity index is 7970. The predicted octanol–water partition coefficient (Wildman–Crippen LogP) is 33.3. The topological polar surface area (TPSA) is 51.4 Å². The van der Waals surface area contributed by atoms with Crippen molar-refractivity contribution < 1.29 is 8.83 Å². The molecule has 0 saturated heterocycles. The molecule has 1 N–H and O–H groups in total. The van der Waals surface area contributed by atoms with Crippen molar-refractivity contribution in [3.63, 3.8) is 0 Å². The van der Waals surface area contributed by atoms with Crippen LogP contribution in [0.15, 0.2) is 474 Å². The molecular weight excluding hydrogens is 1560 g/mol. The summed E-state index contributed by atoms with van der Waals surface area (Å²) in [5, 5.41) is 18.2. The molecule has 0 atom stereocenters. The third kappa shape index (κ3) is 14.1. The van der Waals surface area contributed by atoms with Crippen LogP contribution < -0.4 is 10.2 Å². The summed E-state index contributed by atoms with van der Waals surface area (Å²) < 4.78 is 18.1. The fourth-order valence-corrected chi connectivity index (χ4v) is 18.2. The lowest BCUT2D eigenvalue weighted by Crippen LogP contribution is -2.09. The van der Waals surface area contributed by atoms with Crippen molar-refractivity contribution in [2.24, 2.45) is 0 Å². The highest BCUT2D eigenvalue weighted by molar-refractivity contribution is 9.10. The van der Waals surface area contributed by atoms with E-state index in [0.29, 0.717) is 0 Å². The number of hydrogen-bond donors (Lipinski definition) is 1. The number of nitrogens with zero attached hydrogens (tertiary/aromatic N) is 3. The molecule has 0 radical (unpaired) electrons. The first kappa shape index (κ1) is 73.6. The largest absolute Gasteiger partial charge is 0.456 e. The van der Waals surface area contributed by atoms with Crippen LogP contribution in [0.1, 0.15) is 0 Å². The second-order valence-corrected chi connectivity index (χ2v) is 32.2. The second-order valence-electron chi connectivity index (χ2n) is 31.3. The minimum atomic E-state index is 0.900. The zero-order valence-corrected chi connectivity index (χ0v) is 68.5. The molecule has 4 heterocycles. The number of halogens is 1. The van der Waals surface area contributed by atoms with Gasteiger partial charge in [-0.3, -0.25) is 0 Å². The molecule has 0 saturated carbocycles. The number of fused-ring (bicyclic) bond motifs is 14. The Morgan fingerprint density at radius 2 is 0.504 bits per heavy atom. The fraction of sp³-hybridized carbons (Fsp3) is 0. The molecule has 0 fully saturated rings. The predicted molar refractivity (Wildman–Crippen MR) is 522 cm³/mol. The lowest BCUT2D eigenvalue weighted by Gasteiger charge is -2.26. The Morgan fingerprint density at radius 1 is 0.211 bits per heavy atom. The van der Waals surface area contributed by atoms with Crippen LogP contribution in [-0.2, 0) is 0 Å². The standard InChI is InChI=1S/C58H38N2O.C34H23NO.C24H16BrN/c1-2-12-43-37-45(24-23-39(43)11-1)41-27-33-47(34-28-41)59(48-35-29-42(30-36-48)50-18-10-22-57-58(50)53-17-5-8-21-56(53)61-57)46-31-25-40(26-32-46)44-13-9-14-49(38-44)60-54-19-6-3-15-51(54)52-16-4-7-20-55(52)60;1-2-7-26-22-27(13-12-23(26)6-1)24-14-18-28(19-15-24)35-29-20-16-25(17-21-29)30-9-5-11-33-34(30)31-8-3-4-10-32(31)36-33;25-19-14-12-17(13-15-19)18-6-5-7-20(16-18)26-23-10-3-1-8-21(23)22-9-2-4-11-24(22)26/h1-38H;1-22,35H;1-16H. The Labute approximate surface area is 720 Å². The fourth-order valence-electron chi connectivity index (χ4n) is 18.0. The molecule has 4 aromatic heterocycles. The molecule has 0 amide bonds. The molecule has 24 aromatic rings. The van der Waals surface area contributed by atoms with E-state index < -0.39 is 0 Å². The highest BCUT2D eigenvalue weighted by Gasteiger charge is 2.20. The van der Waals surface area contributed by atoms with Crippen LogP contribution in [0.25, 0.3) is 187 Å². The molecule has 580 valence electrons. The van der Waals surface area contributed by atoms with E-state index in [2.05, 4.69) is 466 Å². The monoisotopic (exact) mass is 1640 g/mol. The minimum Gasteiger partial charge on any atom is -0.456 e. The number of nitrogens with one attached hydrogen (secondary N) is 1. The molecule has 0 spiro atoms. The van der Waals surface area contributed by atoms with E-state index in [1.165, 1.54) is 121 Å². The zero-order chi connectivity index (χ0) is 81.7. The molecule has 7 heteroatoms. The van der Waals surface area contributed by atoms with Gasteiger partial charge >= 0.3 is 0 Å². The van der Waals surface area contributed by atoms with Crippen LogP contribution in [0.3, 0.4) is 0 Å². The quantitative estimate of drug-likeness (QED) is 0.125. The van der Waals surface area contributed by atoms with Gasteiger partial charge in [0.2, 0.25) is 0 Å². The summed E-state index contributed by atoms with van der Waals surface area (Å²) in [6, 6.07) is 164. The van der Waals surface area contributed by atoms with E-state index >= 15 is 0 Å². The summed E-state index contributed by atoms with van der Waals surface area (Å²) in [5.74, 6) is 0. The van der Waals surface area contributed by atoms with Gasteiger partial charge in [0.1, 0.15) is 22.3 Å². The molecule has 24 rings (SSSR count). The number of aromatic nitrogens is 2. The van der Waals surface area contributed by atoms with Crippen LogP contribution in [0.5, 0.6) is 0 Å². The minimum absolute atomic E-state index is 0.900. The highest BCUT2D eigenvalue weighted by atomic mass is 79.9. The Balaban J connectivity index is 0.000000122. The molecule has 20 aromatic carbocycles. The van der Waals surface area contributed by atoms with Gasteiger partial charge in [-0.25, -0.2) is 0 Å². The summed E-state index contributed by atoms with van der Waals surface area (Å²) in [7, 11) is 0. The molecule has 0 bridgehead atoms. The zero-order valence-electron chi connectivity index (χ0n) is 66.9. The van der Waals surface area contributed by atoms with E-state index in [1.807, 2.05) is 30.3 Å². The summed E-state index contributed by atoms with van der Waals surface area (Å²) in [4.78, 5) is 2.35. The van der Waals surface area contributed by atoms with Crippen molar-refractivity contribution in [2.75, 3.05) is 10.2 Å². The number of para-hydroxylation sites is 6. The van der Waals surface area contributed by atoms with Gasteiger partial charge in [-0.05, 0) is 246 Å². The van der Waals surface area contributed by atoms with Gasteiger partial charge in [0.05, 0.1) is 22.1 Å². The van der Waals surface area contributed by atoms with Crippen molar-refractivity contribution in [1.82, 2.24) is 9.13 Å². The van der Waals surface area contributed by atoms with Crippen LogP contribution in [0.4, 0.5) is 28.4 Å². The summed E-state index contributed by atoms with van der Waals surface area (Å²) in [6.45, 7) is 0. The normalized spacial score (nSPS) is 11.5. The maximum absolute atomic E-state index is 6.25. The lowest BCUT2D eigenvalue weighted by atomic mass is 9.98. The maximum Gasteiger partial charge on any atom is 0.136 e. The summed E-state index contributed by atoms with van der Waals surface area (Å²) in [5.41, 5.74) is 30.5. The molecule has 0 unspecified atom stereocenters. The molecule has 0 aliphatic carbocycles. The van der Waals surface area contributed by atoms with Gasteiger partial charge in [-0.2, -0.15) is 0 Å². The van der Waals surface area contributed by atoms with E-state index in [1.54, 1.807) is 0 Å². The molecular formula is C116H77BrN4O2. The van der Waals surface area contributed by atoms with Gasteiger partial charge in [0, 0.05) is 87.4 Å². The summed E-state index contributed by atoms with van der Waals surface area (Å²) in [6.07, 6.45) is 0. The number of anilines is 5. The Hall–Kier alpha value is -15.8. The van der Waals surface area contributed by atoms with Gasteiger partial charge in [0.15, 0.2) is 0 Å². The number of benzene rings is 20. The highest BCUT2D eigenvalue weighted by Crippen LogP contribution is 2.44. The van der Waals surface area contributed by atoms with Crippen LogP contribution in [0, 0.1) is 0 Å². The van der Waals surface area contributed by atoms with Crippen molar-refractivity contribution in [3.05, 3.63) is 466 Å². The SMILES string of the molecule is Brc1ccc(-c2cccc(-n3c4ccccc4c4ccccc43)c2)cc1.c1cc(-c2ccc(N(c3ccc(-c4ccc5ccccc5c4)cc3)c3ccc(-c4cccc5oc6ccccc6c45)cc3)cc2)cc(-n2c3ccccc3c3ccccc32)c1.c1ccc2cc(-c3ccc(Nc4ccc(-c5cccc6oc7ccccc7c56)cc4)cc3)ccc2c1. The van der Waals surface area contributed by atoms with E-state index in [4.69, 9.17) is 8.83 Å². The van der Waals surface area contributed by atoms with E-state index in [0.717, 1.165) is 99.2 Å². The smallest absolute Gasteiger partial charge is 0.136 e. The van der Waals surface area contributed by atoms with Crippen molar-refractivity contribution in [3.8, 4) is 78.1 Å². The maximum atomic E-state index is 6.25. The first-order chi connectivity index (χ1) is 60.9. The molecule has 0 aliphatic heterocycles. The van der Waals surface area contributed by atoms with Crippen LogP contribution in [0.2, 0.25) is 0 Å². The summed E-state index contributed by atoms with van der Waals surface area (Å²) >= 11 is 3.51. The first-order valence-corrected chi connectivity index (χ1v) is 42.5. The van der Waals surface area contributed by atoms with Crippen LogP contribution in [-0.4, -0.2) is 9.13 Å². The number of rotatable bonds is 13. The third-order valence-corrected chi connectivity index (χ3v) is 24.4. The van der Waals surface area contributed by atoms with Gasteiger partial charge in [0.25, 0.3) is 0 Å². The van der Waals surface area contributed by atoms with E-state index in [9.17, 15) is 0 Å². The average Bonchev–Trinajstić information content (AvgIpc) is 1.62. The van der Waals surface area contributed by atoms with Gasteiger partial charge in [-0.15, -0.1) is 0 Å². The third-order valence-electron chi connectivity index (χ3n) is 23.9. The van der Waals surface area contributed by atoms with Crippen molar-refractivity contribution in [1.29, 1.82) is 0 Å². The average molecular weight is 1640 g/mol. The molecule has 0 aliphatic rings. The first-order valence-electron chi connectivity index (χ1n) is 41.7. The van der Waals surface area contributed by atoms with Crippen molar-refractivity contribution >= 4 is 153 Å². The van der Waals surface area contributed by atoms with Gasteiger partial charge in [-0.1, -0.05) is 319 Å². The van der Waals surface area contributed by atoms with Crippen molar-refractivity contribution in [2.45, 2.75) is 0 Å².